The number of benzene rings is 1. The molecule has 0 fully saturated rings. The number of hydrogen-bond acceptors (Lipinski definition) is 4. The van der Waals surface area contributed by atoms with E-state index in [2.05, 4.69) is 4.99 Å². The first-order chi connectivity index (χ1) is 7.61. The molecule has 2 rings (SSSR count). The molecule has 0 bridgehead atoms. The van der Waals surface area contributed by atoms with Crippen molar-refractivity contribution in [2.24, 2.45) is 4.99 Å². The van der Waals surface area contributed by atoms with Crippen LogP contribution < -0.4 is 4.90 Å². The van der Waals surface area contributed by atoms with Gasteiger partial charge in [-0.25, -0.2) is 0 Å². The van der Waals surface area contributed by atoms with Crippen molar-refractivity contribution in [1.82, 2.24) is 0 Å². The fourth-order valence-electron chi connectivity index (χ4n) is 1.66. The molecule has 6 heteroatoms. The predicted octanol–water partition coefficient (Wildman–Crippen LogP) is 1.05. The molecule has 1 aliphatic rings. The zero-order valence-corrected chi connectivity index (χ0v) is 8.53. The third-order valence-electron chi connectivity index (χ3n) is 2.32. The Labute approximate surface area is 91.4 Å². The minimum absolute atomic E-state index is 0.345. The lowest BCUT2D eigenvalue weighted by molar-refractivity contribution is -0.503. The van der Waals surface area contributed by atoms with E-state index in [0.29, 0.717) is 11.5 Å². The number of carbonyl (C=O) groups excluding carboxylic acids is 1. The van der Waals surface area contributed by atoms with Crippen molar-refractivity contribution in [1.29, 1.82) is 0 Å². The van der Waals surface area contributed by atoms with Gasteiger partial charge in [-0.2, -0.15) is 4.99 Å². The summed E-state index contributed by atoms with van der Waals surface area (Å²) in [4.78, 5) is 26.5. The molecule has 1 unspecified atom stereocenters. The van der Waals surface area contributed by atoms with E-state index < -0.39 is 17.0 Å². The Bertz CT molecular complexity index is 469. The molecule has 1 heterocycles. The summed E-state index contributed by atoms with van der Waals surface area (Å²) < 4.78 is 0. The van der Waals surface area contributed by atoms with Gasteiger partial charge >= 0.3 is 12.1 Å². The Morgan fingerprint density at radius 3 is 2.56 bits per heavy atom. The molecule has 16 heavy (non-hydrogen) atoms. The van der Waals surface area contributed by atoms with Crippen LogP contribution in [0, 0.1) is 10.1 Å². The second-order valence-corrected chi connectivity index (χ2v) is 3.36. The van der Waals surface area contributed by atoms with Gasteiger partial charge in [-0.05, 0) is 19.1 Å². The van der Waals surface area contributed by atoms with Crippen molar-refractivity contribution in [3.8, 4) is 0 Å². The van der Waals surface area contributed by atoms with E-state index in [4.69, 9.17) is 0 Å². The van der Waals surface area contributed by atoms with Gasteiger partial charge in [-0.3, -0.25) is 19.8 Å². The Morgan fingerprint density at radius 1 is 1.38 bits per heavy atom. The molecule has 82 valence electrons. The average molecular weight is 219 g/mol. The molecule has 6 nitrogen and oxygen atoms in total. The van der Waals surface area contributed by atoms with Gasteiger partial charge in [0.1, 0.15) is 5.84 Å². The molecule has 1 atom stereocenters. The fourth-order valence-corrected chi connectivity index (χ4v) is 1.66. The van der Waals surface area contributed by atoms with Gasteiger partial charge in [-0.15, -0.1) is 0 Å². The minimum atomic E-state index is -1.43. The zero-order chi connectivity index (χ0) is 11.7. The predicted molar refractivity (Wildman–Crippen MR) is 57.8 cm³/mol. The van der Waals surface area contributed by atoms with Crippen LogP contribution in [0.1, 0.15) is 6.92 Å². The first-order valence-corrected chi connectivity index (χ1v) is 4.68. The Hall–Kier alpha value is -2.24. The maximum absolute atomic E-state index is 11.3. The highest BCUT2D eigenvalue weighted by molar-refractivity contribution is 6.12. The van der Waals surface area contributed by atoms with Crippen molar-refractivity contribution in [2.75, 3.05) is 4.90 Å². The van der Waals surface area contributed by atoms with E-state index in [9.17, 15) is 14.9 Å². The van der Waals surface area contributed by atoms with Crippen LogP contribution in [0.4, 0.5) is 5.69 Å². The smallest absolute Gasteiger partial charge is 0.262 e. The van der Waals surface area contributed by atoms with Crippen LogP contribution in [0.2, 0.25) is 0 Å². The second-order valence-electron chi connectivity index (χ2n) is 3.36. The maximum Gasteiger partial charge on any atom is 0.372 e. The molecule has 0 saturated carbocycles. The summed E-state index contributed by atoms with van der Waals surface area (Å²) >= 11 is 0. The van der Waals surface area contributed by atoms with Gasteiger partial charge in [0, 0.05) is 5.69 Å². The highest BCUT2D eigenvalue weighted by atomic mass is 16.6. The molecular weight excluding hydrogens is 210 g/mol. The SMILES string of the molecule is CC1=NC(=O)C([N+](=O)[O-])N1c1ccccc1. The Balaban J connectivity index is 2.43. The van der Waals surface area contributed by atoms with Crippen molar-refractivity contribution in [3.05, 3.63) is 40.4 Å². The Morgan fingerprint density at radius 2 is 2.00 bits per heavy atom. The molecule has 1 amide bonds. The van der Waals surface area contributed by atoms with Gasteiger partial charge in [-0.1, -0.05) is 18.2 Å². The number of para-hydroxylation sites is 1. The first kappa shape index (κ1) is 10.3. The summed E-state index contributed by atoms with van der Waals surface area (Å²) in [7, 11) is 0. The molecule has 1 aliphatic heterocycles. The third-order valence-corrected chi connectivity index (χ3v) is 2.32. The third kappa shape index (κ3) is 1.54. The number of amides is 1. The molecule has 0 aliphatic carbocycles. The van der Waals surface area contributed by atoms with Crippen LogP contribution in [0.5, 0.6) is 0 Å². The van der Waals surface area contributed by atoms with E-state index in [0.717, 1.165) is 0 Å². The number of nitro groups is 1. The first-order valence-electron chi connectivity index (χ1n) is 4.68. The molecule has 0 spiro atoms. The summed E-state index contributed by atoms with van der Waals surface area (Å²) in [5.41, 5.74) is 0.594. The van der Waals surface area contributed by atoms with Crippen LogP contribution in [0.25, 0.3) is 0 Å². The zero-order valence-electron chi connectivity index (χ0n) is 8.53. The number of aliphatic imine (C=N–C) groups is 1. The van der Waals surface area contributed by atoms with E-state index >= 15 is 0 Å². The normalized spacial score (nSPS) is 19.8. The molecule has 0 saturated heterocycles. The largest absolute Gasteiger partial charge is 0.372 e. The average Bonchev–Trinajstić information content (AvgIpc) is 2.55. The second kappa shape index (κ2) is 3.73. The van der Waals surface area contributed by atoms with Crippen LogP contribution in [0.3, 0.4) is 0 Å². The van der Waals surface area contributed by atoms with Gasteiger partial charge in [0.15, 0.2) is 0 Å². The number of nitrogens with zero attached hydrogens (tertiary/aromatic N) is 3. The molecule has 1 aromatic carbocycles. The molecule has 0 radical (unpaired) electrons. The number of amidine groups is 1. The van der Waals surface area contributed by atoms with Crippen LogP contribution in [-0.2, 0) is 4.79 Å². The molecule has 0 aromatic heterocycles. The topological polar surface area (TPSA) is 75.8 Å². The standard InChI is InChI=1S/C10H9N3O3/c1-7-11-9(14)10(13(15)16)12(7)8-5-3-2-4-6-8/h2-6,10H,1H3. The Kier molecular flexibility index (Phi) is 2.40. The number of carbonyl (C=O) groups is 1. The number of hydrogen-bond donors (Lipinski definition) is 0. The van der Waals surface area contributed by atoms with Gasteiger partial charge in [0.25, 0.3) is 0 Å². The number of rotatable bonds is 2. The monoisotopic (exact) mass is 219 g/mol. The van der Waals surface area contributed by atoms with E-state index in [1.54, 1.807) is 37.3 Å². The summed E-state index contributed by atoms with van der Waals surface area (Å²) in [6.45, 7) is 1.58. The van der Waals surface area contributed by atoms with Gasteiger partial charge < -0.3 is 0 Å². The minimum Gasteiger partial charge on any atom is -0.262 e. The van der Waals surface area contributed by atoms with Crippen molar-refractivity contribution >= 4 is 17.4 Å². The van der Waals surface area contributed by atoms with E-state index in [1.807, 2.05) is 0 Å². The van der Waals surface area contributed by atoms with Gasteiger partial charge in [0.2, 0.25) is 0 Å². The van der Waals surface area contributed by atoms with Crippen molar-refractivity contribution < 1.29 is 9.72 Å². The summed E-state index contributed by atoms with van der Waals surface area (Å²) in [5, 5.41) is 10.8. The molecule has 1 aromatic rings. The van der Waals surface area contributed by atoms with Crippen molar-refractivity contribution in [2.45, 2.75) is 13.1 Å². The lowest BCUT2D eigenvalue weighted by atomic mass is 10.2. The van der Waals surface area contributed by atoms with E-state index in [1.165, 1.54) is 4.90 Å². The maximum atomic E-state index is 11.3. The summed E-state index contributed by atoms with van der Waals surface area (Å²) in [6, 6.07) is 8.71. The quantitative estimate of drug-likeness (QED) is 0.550. The summed E-state index contributed by atoms with van der Waals surface area (Å²) in [5.74, 6) is -0.385. The molecular formula is C10H9N3O3. The lowest BCUT2D eigenvalue weighted by Crippen LogP contribution is -2.43. The van der Waals surface area contributed by atoms with Crippen LogP contribution in [-0.4, -0.2) is 22.8 Å². The lowest BCUT2D eigenvalue weighted by Gasteiger charge is -2.19. The highest BCUT2D eigenvalue weighted by Gasteiger charge is 2.43. The highest BCUT2D eigenvalue weighted by Crippen LogP contribution is 2.22. The van der Waals surface area contributed by atoms with E-state index in [-0.39, 0.29) is 0 Å². The van der Waals surface area contributed by atoms with Crippen LogP contribution in [0.15, 0.2) is 35.3 Å². The molecule has 0 N–H and O–H groups in total. The van der Waals surface area contributed by atoms with Crippen molar-refractivity contribution in [3.63, 3.8) is 0 Å². The number of anilines is 1. The fraction of sp³-hybridized carbons (Fsp3) is 0.200. The summed E-state index contributed by atoms with van der Waals surface area (Å²) in [6.07, 6.45) is -1.43. The van der Waals surface area contributed by atoms with Crippen LogP contribution >= 0.6 is 0 Å². The van der Waals surface area contributed by atoms with Gasteiger partial charge in [0.05, 0.1) is 4.92 Å².